The van der Waals surface area contributed by atoms with Crippen LogP contribution in [0.3, 0.4) is 0 Å². The van der Waals surface area contributed by atoms with Crippen LogP contribution in [0.25, 0.3) is 0 Å². The van der Waals surface area contributed by atoms with E-state index < -0.39 is 0 Å². The fraction of sp³-hybridized carbons (Fsp3) is 0.636. The Kier molecular flexibility index (Phi) is 1.48. The number of nitriles is 2. The molecule has 0 N–H and O–H groups in total. The third-order valence-electron chi connectivity index (χ3n) is 3.70. The second-order valence-corrected chi connectivity index (χ2v) is 4.32. The van der Waals surface area contributed by atoms with Crippen LogP contribution in [-0.2, 0) is 4.74 Å². The van der Waals surface area contributed by atoms with Crippen LogP contribution >= 0.6 is 0 Å². The average Bonchev–Trinajstić information content (AvgIpc) is 2.72. The molecular formula is C11H10N2O. The zero-order chi connectivity index (χ0) is 9.71. The van der Waals surface area contributed by atoms with Crippen molar-refractivity contribution in [1.29, 1.82) is 10.5 Å². The number of hydrogen-bond donors (Lipinski definition) is 0. The Labute approximate surface area is 82.6 Å². The molecule has 0 amide bonds. The summed E-state index contributed by atoms with van der Waals surface area (Å²) in [5.74, 6) is 0.313. The molecule has 0 saturated carbocycles. The molecule has 0 radical (unpaired) electrons. The lowest BCUT2D eigenvalue weighted by Gasteiger charge is -2.27. The number of hydrogen-bond acceptors (Lipinski definition) is 3. The summed E-state index contributed by atoms with van der Waals surface area (Å²) >= 11 is 0. The summed E-state index contributed by atoms with van der Waals surface area (Å²) in [6, 6.07) is 4.48. The Morgan fingerprint density at radius 3 is 1.93 bits per heavy atom. The third kappa shape index (κ3) is 0.786. The summed E-state index contributed by atoms with van der Waals surface area (Å²) in [7, 11) is 0. The molecular weight excluding hydrogens is 176 g/mol. The highest BCUT2D eigenvalue weighted by atomic mass is 16.5. The zero-order valence-corrected chi connectivity index (χ0v) is 7.63. The van der Waals surface area contributed by atoms with E-state index in [9.17, 15) is 0 Å². The molecule has 70 valence electrons. The van der Waals surface area contributed by atoms with E-state index in [4.69, 9.17) is 15.3 Å². The molecule has 2 fully saturated rings. The monoisotopic (exact) mass is 186 g/mol. The lowest BCUT2D eigenvalue weighted by atomic mass is 9.85. The molecule has 3 rings (SSSR count). The van der Waals surface area contributed by atoms with Crippen molar-refractivity contribution in [2.24, 2.45) is 23.7 Å². The van der Waals surface area contributed by atoms with Crippen molar-refractivity contribution < 1.29 is 4.74 Å². The number of fused-ring (bicyclic) bond motifs is 6. The first-order valence-electron chi connectivity index (χ1n) is 4.98. The molecule has 3 nitrogen and oxygen atoms in total. The molecule has 14 heavy (non-hydrogen) atoms. The summed E-state index contributed by atoms with van der Waals surface area (Å²) < 4.78 is 5.78. The average molecular weight is 186 g/mol. The Morgan fingerprint density at radius 2 is 1.50 bits per heavy atom. The fourth-order valence-corrected chi connectivity index (χ4v) is 3.05. The van der Waals surface area contributed by atoms with Gasteiger partial charge in [-0.3, -0.25) is 0 Å². The van der Waals surface area contributed by atoms with Crippen molar-refractivity contribution >= 4 is 0 Å². The van der Waals surface area contributed by atoms with E-state index in [0.29, 0.717) is 11.8 Å². The topological polar surface area (TPSA) is 56.8 Å². The summed E-state index contributed by atoms with van der Waals surface area (Å²) in [4.78, 5) is 0. The van der Waals surface area contributed by atoms with Crippen molar-refractivity contribution in [3.8, 4) is 12.1 Å². The molecule has 6 atom stereocenters. The van der Waals surface area contributed by atoms with Crippen molar-refractivity contribution in [3.63, 3.8) is 0 Å². The van der Waals surface area contributed by atoms with E-state index >= 15 is 0 Å². The highest BCUT2D eigenvalue weighted by Gasteiger charge is 2.55. The van der Waals surface area contributed by atoms with Gasteiger partial charge in [-0.1, -0.05) is 12.2 Å². The second kappa shape index (κ2) is 2.59. The standard InChI is InChI=1S/C11H10N2O/c12-4-8-9(5-13)11-7-2-1-6(3-7)10(8)14-11/h1-2,6-11H,3H2. The van der Waals surface area contributed by atoms with E-state index in [0.717, 1.165) is 6.42 Å². The van der Waals surface area contributed by atoms with Crippen LogP contribution in [0.1, 0.15) is 6.42 Å². The van der Waals surface area contributed by atoms with Crippen LogP contribution in [0.2, 0.25) is 0 Å². The van der Waals surface area contributed by atoms with Gasteiger partial charge in [0.15, 0.2) is 0 Å². The molecule has 6 unspecified atom stereocenters. The Balaban J connectivity index is 2.03. The molecule has 0 aromatic rings. The van der Waals surface area contributed by atoms with Crippen LogP contribution in [0, 0.1) is 46.3 Å². The largest absolute Gasteiger partial charge is 0.371 e. The number of nitrogens with zero attached hydrogens (tertiary/aromatic N) is 2. The van der Waals surface area contributed by atoms with Gasteiger partial charge in [-0.15, -0.1) is 0 Å². The number of ether oxygens (including phenoxy) is 1. The van der Waals surface area contributed by atoms with Crippen molar-refractivity contribution in [1.82, 2.24) is 0 Å². The second-order valence-electron chi connectivity index (χ2n) is 4.32. The number of rotatable bonds is 0. The molecule has 0 aromatic heterocycles. The molecule has 3 heteroatoms. The quantitative estimate of drug-likeness (QED) is 0.535. The van der Waals surface area contributed by atoms with Crippen LogP contribution in [0.5, 0.6) is 0 Å². The van der Waals surface area contributed by atoms with E-state index in [1.807, 2.05) is 0 Å². The van der Waals surface area contributed by atoms with Gasteiger partial charge in [0.1, 0.15) is 0 Å². The minimum Gasteiger partial charge on any atom is -0.371 e. The molecule has 4 bridgehead atoms. The Bertz CT molecular complexity index is 342. The Morgan fingerprint density at radius 1 is 1.00 bits per heavy atom. The van der Waals surface area contributed by atoms with Crippen LogP contribution in [0.15, 0.2) is 12.2 Å². The molecule has 2 heterocycles. The molecule has 3 aliphatic rings. The minimum absolute atomic E-state index is 0.0235. The molecule has 0 spiro atoms. The van der Waals surface area contributed by atoms with Gasteiger partial charge in [0.25, 0.3) is 0 Å². The zero-order valence-electron chi connectivity index (χ0n) is 7.63. The highest BCUT2D eigenvalue weighted by Crippen LogP contribution is 2.50. The van der Waals surface area contributed by atoms with Gasteiger partial charge < -0.3 is 4.74 Å². The van der Waals surface area contributed by atoms with E-state index in [1.54, 1.807) is 0 Å². The van der Waals surface area contributed by atoms with Gasteiger partial charge in [0.05, 0.1) is 36.2 Å². The molecule has 0 aromatic carbocycles. The van der Waals surface area contributed by atoms with E-state index in [1.165, 1.54) is 0 Å². The first-order chi connectivity index (χ1) is 6.85. The predicted molar refractivity (Wildman–Crippen MR) is 47.6 cm³/mol. The van der Waals surface area contributed by atoms with Crippen LogP contribution in [-0.4, -0.2) is 12.2 Å². The maximum Gasteiger partial charge on any atom is 0.0914 e. The third-order valence-corrected chi connectivity index (χ3v) is 3.70. The first kappa shape index (κ1) is 8.03. The predicted octanol–water partition coefficient (Wildman–Crippen LogP) is 1.24. The summed E-state index contributed by atoms with van der Waals surface area (Å²) in [6.45, 7) is 0. The van der Waals surface area contributed by atoms with Gasteiger partial charge in [0.2, 0.25) is 0 Å². The van der Waals surface area contributed by atoms with Crippen LogP contribution < -0.4 is 0 Å². The lowest BCUT2D eigenvalue weighted by Crippen LogP contribution is -2.30. The highest BCUT2D eigenvalue weighted by molar-refractivity contribution is 5.22. The summed E-state index contributed by atoms with van der Waals surface area (Å²) in [5.41, 5.74) is 0. The summed E-state index contributed by atoms with van der Waals surface area (Å²) in [5, 5.41) is 18.1. The van der Waals surface area contributed by atoms with Gasteiger partial charge in [0, 0.05) is 11.8 Å². The fourth-order valence-electron chi connectivity index (χ4n) is 3.05. The van der Waals surface area contributed by atoms with Crippen molar-refractivity contribution in [2.75, 3.05) is 0 Å². The van der Waals surface area contributed by atoms with Gasteiger partial charge in [-0.2, -0.15) is 10.5 Å². The Hall–Kier alpha value is -1.32. The smallest absolute Gasteiger partial charge is 0.0914 e. The van der Waals surface area contributed by atoms with Gasteiger partial charge in [-0.25, -0.2) is 0 Å². The maximum absolute atomic E-state index is 9.04. The SMILES string of the molecule is N#CC1C(C#N)C2OC1C1C=CC2C1. The van der Waals surface area contributed by atoms with Crippen molar-refractivity contribution in [3.05, 3.63) is 12.2 Å². The molecule has 1 aliphatic carbocycles. The van der Waals surface area contributed by atoms with Crippen LogP contribution in [0.4, 0.5) is 0 Å². The van der Waals surface area contributed by atoms with E-state index in [-0.39, 0.29) is 24.0 Å². The summed E-state index contributed by atoms with van der Waals surface area (Å²) in [6.07, 6.45) is 5.35. The molecule has 2 saturated heterocycles. The van der Waals surface area contributed by atoms with Gasteiger partial charge in [-0.05, 0) is 6.42 Å². The first-order valence-corrected chi connectivity index (χ1v) is 4.98. The van der Waals surface area contributed by atoms with E-state index in [2.05, 4.69) is 24.3 Å². The minimum atomic E-state index is -0.218. The molecule has 2 aliphatic heterocycles. The lowest BCUT2D eigenvalue weighted by molar-refractivity contribution is -0.0412. The van der Waals surface area contributed by atoms with Gasteiger partial charge >= 0.3 is 0 Å². The normalized spacial score (nSPS) is 52.7. The maximum atomic E-state index is 9.04. The van der Waals surface area contributed by atoms with Crippen molar-refractivity contribution in [2.45, 2.75) is 18.6 Å².